The highest BCUT2D eigenvalue weighted by Crippen LogP contribution is 2.35. The molecule has 2 aromatic heterocycles. The molecule has 0 unspecified atom stereocenters. The second kappa shape index (κ2) is 9.12. The minimum Gasteiger partial charge on any atom is -0.504 e. The first kappa shape index (κ1) is 22.0. The molecule has 0 radical (unpaired) electrons. The molecule has 0 saturated carbocycles. The monoisotopic (exact) mass is 454 g/mol. The molecule has 2 atom stereocenters. The topological polar surface area (TPSA) is 106 Å². The van der Waals surface area contributed by atoms with Gasteiger partial charge in [0, 0.05) is 4.88 Å². The van der Waals surface area contributed by atoms with Crippen LogP contribution in [0.15, 0.2) is 34.4 Å². The Morgan fingerprint density at radius 1 is 1.50 bits per heavy atom. The second-order valence-corrected chi connectivity index (χ2v) is 9.14. The Labute approximate surface area is 189 Å². The fraction of sp³-hybridized carbons (Fsp3) is 0.391. The van der Waals surface area contributed by atoms with E-state index in [1.54, 1.807) is 30.4 Å². The molecule has 32 heavy (non-hydrogen) atoms. The molecule has 9 heteroatoms. The Balaban J connectivity index is 1.52. The van der Waals surface area contributed by atoms with Crippen molar-refractivity contribution >= 4 is 33.7 Å². The van der Waals surface area contributed by atoms with Crippen LogP contribution in [0.25, 0.3) is 10.2 Å². The number of hydrogen-bond donors (Lipinski definition) is 2. The summed E-state index contributed by atoms with van der Waals surface area (Å²) in [6.45, 7) is 6.11. The Hall–Kier alpha value is -3.20. The van der Waals surface area contributed by atoms with Crippen LogP contribution in [0.5, 0.6) is 11.5 Å². The van der Waals surface area contributed by atoms with Crippen LogP contribution in [0.3, 0.4) is 0 Å². The van der Waals surface area contributed by atoms with E-state index in [-0.39, 0.29) is 11.3 Å². The van der Waals surface area contributed by atoms with Gasteiger partial charge in [0.25, 0.3) is 11.5 Å². The van der Waals surface area contributed by atoms with Gasteiger partial charge in [-0.2, -0.15) is 5.10 Å². The lowest BCUT2D eigenvalue weighted by atomic mass is 9.89. The summed E-state index contributed by atoms with van der Waals surface area (Å²) < 4.78 is 6.71. The number of nitrogens with one attached hydrogen (secondary N) is 1. The van der Waals surface area contributed by atoms with Crippen molar-refractivity contribution in [2.24, 2.45) is 11.0 Å². The van der Waals surface area contributed by atoms with Crippen LogP contribution in [-0.4, -0.2) is 33.4 Å². The lowest BCUT2D eigenvalue weighted by Crippen LogP contribution is -2.34. The molecule has 2 N–H and O–H groups in total. The number of phenols is 1. The molecular weight excluding hydrogens is 428 g/mol. The summed E-state index contributed by atoms with van der Waals surface area (Å²) in [5, 5.41) is 14.4. The molecule has 8 nitrogen and oxygen atoms in total. The molecule has 4 rings (SSSR count). The van der Waals surface area contributed by atoms with E-state index >= 15 is 0 Å². The lowest BCUT2D eigenvalue weighted by molar-refractivity contribution is -0.123. The van der Waals surface area contributed by atoms with E-state index in [1.807, 2.05) is 6.92 Å². The molecule has 0 spiro atoms. The first-order chi connectivity index (χ1) is 15.4. The summed E-state index contributed by atoms with van der Waals surface area (Å²) in [5.74, 6) is 0.564. The Morgan fingerprint density at radius 2 is 2.31 bits per heavy atom. The summed E-state index contributed by atoms with van der Waals surface area (Å²) in [6, 6.07) is 4.01. The number of carbonyl (C=O) groups is 1. The van der Waals surface area contributed by atoms with E-state index in [2.05, 4.69) is 22.4 Å². The molecule has 0 saturated heterocycles. The number of aromatic nitrogens is 2. The molecule has 1 aliphatic rings. The van der Waals surface area contributed by atoms with Crippen LogP contribution in [0, 0.1) is 5.92 Å². The molecule has 0 fully saturated rings. The average molecular weight is 455 g/mol. The molecule has 2 heterocycles. The Bertz CT molecular complexity index is 1250. The van der Waals surface area contributed by atoms with Gasteiger partial charge in [-0.15, -0.1) is 11.3 Å². The number of benzene rings is 1. The van der Waals surface area contributed by atoms with Crippen molar-refractivity contribution in [1.29, 1.82) is 0 Å². The summed E-state index contributed by atoms with van der Waals surface area (Å²) in [6.07, 6.45) is 5.80. The third-order valence-electron chi connectivity index (χ3n) is 5.71. The van der Waals surface area contributed by atoms with Gasteiger partial charge in [-0.05, 0) is 68.4 Å². The summed E-state index contributed by atoms with van der Waals surface area (Å²) in [5.41, 5.74) is 4.04. The molecule has 0 bridgehead atoms. The minimum absolute atomic E-state index is 0.0361. The van der Waals surface area contributed by atoms with E-state index in [1.165, 1.54) is 28.1 Å². The fourth-order valence-corrected chi connectivity index (χ4v) is 5.23. The van der Waals surface area contributed by atoms with Crippen LogP contribution >= 0.6 is 11.3 Å². The number of amides is 1. The van der Waals surface area contributed by atoms with Gasteiger partial charge in [0.15, 0.2) is 11.5 Å². The SMILES string of the molecule is CCOc1cc(/C=N/NC(=O)[C@@H](C)n2cnc3sc4c(c3c2=O)CC[C@H](C)C4)ccc1O. The van der Waals surface area contributed by atoms with E-state index in [0.29, 0.717) is 29.2 Å². The first-order valence-electron chi connectivity index (χ1n) is 10.7. The molecule has 1 aliphatic carbocycles. The number of aromatic hydroxyl groups is 1. The number of thiophene rings is 1. The van der Waals surface area contributed by atoms with E-state index in [9.17, 15) is 14.7 Å². The van der Waals surface area contributed by atoms with E-state index < -0.39 is 11.9 Å². The zero-order valence-corrected chi connectivity index (χ0v) is 19.1. The van der Waals surface area contributed by atoms with Gasteiger partial charge < -0.3 is 9.84 Å². The van der Waals surface area contributed by atoms with Crippen molar-refractivity contribution in [2.75, 3.05) is 6.61 Å². The van der Waals surface area contributed by atoms with Gasteiger partial charge in [-0.25, -0.2) is 10.4 Å². The number of ether oxygens (including phenoxy) is 1. The molecule has 3 aromatic rings. The number of fused-ring (bicyclic) bond motifs is 3. The lowest BCUT2D eigenvalue weighted by Gasteiger charge is -2.18. The summed E-state index contributed by atoms with van der Waals surface area (Å²) >= 11 is 1.59. The Kier molecular flexibility index (Phi) is 6.27. The predicted molar refractivity (Wildman–Crippen MR) is 125 cm³/mol. The van der Waals surface area contributed by atoms with Gasteiger partial charge in [0.2, 0.25) is 0 Å². The number of carbonyl (C=O) groups excluding carboxylic acids is 1. The van der Waals surface area contributed by atoms with Crippen LogP contribution in [-0.2, 0) is 17.6 Å². The molecular formula is C23H26N4O4S. The van der Waals surface area contributed by atoms with Gasteiger partial charge in [-0.1, -0.05) is 6.92 Å². The zero-order valence-electron chi connectivity index (χ0n) is 18.3. The third-order valence-corrected chi connectivity index (χ3v) is 6.87. The zero-order chi connectivity index (χ0) is 22.8. The van der Waals surface area contributed by atoms with Crippen molar-refractivity contribution in [2.45, 2.75) is 46.1 Å². The normalized spacial score (nSPS) is 16.8. The standard InChI is InChI=1S/C23H26N4O4S/c1-4-31-18-10-15(6-8-17(18)28)11-25-26-21(29)14(3)27-12-24-22-20(23(27)30)16-7-5-13(2)9-19(16)32-22/h6,8,10-14,28H,4-5,7,9H2,1-3H3,(H,26,29)/b25-11+/t13-,14+/m0/s1. The summed E-state index contributed by atoms with van der Waals surface area (Å²) in [7, 11) is 0. The fourth-order valence-electron chi connectivity index (χ4n) is 3.89. The molecule has 0 aliphatic heterocycles. The van der Waals surface area contributed by atoms with Crippen LogP contribution in [0.2, 0.25) is 0 Å². The number of nitrogens with zero attached hydrogens (tertiary/aromatic N) is 3. The van der Waals surface area contributed by atoms with Gasteiger partial charge in [0.05, 0.1) is 24.5 Å². The highest BCUT2D eigenvalue weighted by molar-refractivity contribution is 7.18. The van der Waals surface area contributed by atoms with Gasteiger partial charge in [0.1, 0.15) is 10.9 Å². The summed E-state index contributed by atoms with van der Waals surface area (Å²) in [4.78, 5) is 32.3. The number of aryl methyl sites for hydroxylation is 1. The predicted octanol–water partition coefficient (Wildman–Crippen LogP) is 3.40. The van der Waals surface area contributed by atoms with Crippen molar-refractivity contribution in [3.8, 4) is 11.5 Å². The maximum atomic E-state index is 13.2. The quantitative estimate of drug-likeness (QED) is 0.439. The largest absolute Gasteiger partial charge is 0.504 e. The highest BCUT2D eigenvalue weighted by Gasteiger charge is 2.25. The van der Waals surface area contributed by atoms with Crippen LogP contribution < -0.4 is 15.7 Å². The van der Waals surface area contributed by atoms with Crippen molar-refractivity contribution < 1.29 is 14.6 Å². The maximum absolute atomic E-state index is 13.2. The van der Waals surface area contributed by atoms with Gasteiger partial charge >= 0.3 is 0 Å². The second-order valence-electron chi connectivity index (χ2n) is 8.06. The Morgan fingerprint density at radius 3 is 3.09 bits per heavy atom. The smallest absolute Gasteiger partial charge is 0.263 e. The van der Waals surface area contributed by atoms with E-state index in [0.717, 1.165) is 29.7 Å². The number of hydrazone groups is 1. The minimum atomic E-state index is -0.770. The van der Waals surface area contributed by atoms with Crippen LogP contribution in [0.4, 0.5) is 0 Å². The van der Waals surface area contributed by atoms with Crippen molar-refractivity contribution in [1.82, 2.24) is 15.0 Å². The number of hydrogen-bond acceptors (Lipinski definition) is 7. The van der Waals surface area contributed by atoms with Gasteiger partial charge in [-0.3, -0.25) is 14.2 Å². The van der Waals surface area contributed by atoms with Crippen molar-refractivity contribution in [3.63, 3.8) is 0 Å². The first-order valence-corrected chi connectivity index (χ1v) is 11.5. The van der Waals surface area contributed by atoms with Crippen LogP contribution in [0.1, 0.15) is 49.2 Å². The van der Waals surface area contributed by atoms with E-state index in [4.69, 9.17) is 4.74 Å². The molecule has 1 amide bonds. The maximum Gasteiger partial charge on any atom is 0.263 e. The number of rotatable bonds is 6. The average Bonchev–Trinajstić information content (AvgIpc) is 3.14. The third kappa shape index (κ3) is 4.25. The number of phenolic OH excluding ortho intramolecular Hbond substituents is 1. The molecule has 168 valence electrons. The molecule has 1 aromatic carbocycles. The highest BCUT2D eigenvalue weighted by atomic mass is 32.1. The van der Waals surface area contributed by atoms with Crippen molar-refractivity contribution in [3.05, 3.63) is 50.9 Å².